The molecule has 2 N–H and O–H groups in total. The zero-order valence-corrected chi connectivity index (χ0v) is 8.68. The molecule has 1 saturated carbocycles. The average molecular weight is 194 g/mol. The van der Waals surface area contributed by atoms with Crippen molar-refractivity contribution in [2.24, 2.45) is 5.92 Å². The molecule has 14 heavy (non-hydrogen) atoms. The molecule has 1 aliphatic heterocycles. The Morgan fingerprint density at radius 1 is 1.57 bits per heavy atom. The van der Waals surface area contributed by atoms with Gasteiger partial charge in [0.2, 0.25) is 5.91 Å². The predicted molar refractivity (Wildman–Crippen MR) is 55.9 cm³/mol. The van der Waals surface area contributed by atoms with Crippen LogP contribution in [0.15, 0.2) is 11.6 Å². The number of rotatable bonds is 2. The van der Waals surface area contributed by atoms with Gasteiger partial charge in [0.15, 0.2) is 0 Å². The first-order chi connectivity index (χ1) is 6.74. The summed E-state index contributed by atoms with van der Waals surface area (Å²) in [5, 5.41) is 6.11. The Morgan fingerprint density at radius 3 is 2.86 bits per heavy atom. The maximum Gasteiger partial charge on any atom is 0.244 e. The topological polar surface area (TPSA) is 41.1 Å². The van der Waals surface area contributed by atoms with Crippen LogP contribution in [0.4, 0.5) is 0 Å². The van der Waals surface area contributed by atoms with E-state index in [2.05, 4.69) is 17.6 Å². The van der Waals surface area contributed by atoms with Crippen molar-refractivity contribution in [1.82, 2.24) is 10.6 Å². The average Bonchev–Trinajstić information content (AvgIpc) is 2.44. The third-order valence-corrected chi connectivity index (χ3v) is 3.03. The van der Waals surface area contributed by atoms with Crippen LogP contribution in [-0.2, 0) is 4.79 Å². The summed E-state index contributed by atoms with van der Waals surface area (Å²) in [5.74, 6) is 0.861. The fourth-order valence-electron chi connectivity index (χ4n) is 2.03. The van der Waals surface area contributed by atoms with E-state index in [1.54, 1.807) is 0 Å². The molecule has 2 aliphatic rings. The number of allylic oxidation sites excluding steroid dienone is 1. The van der Waals surface area contributed by atoms with Gasteiger partial charge in [-0.15, -0.1) is 0 Å². The lowest BCUT2D eigenvalue weighted by atomic mass is 10.1. The van der Waals surface area contributed by atoms with E-state index in [0.717, 1.165) is 31.8 Å². The van der Waals surface area contributed by atoms with E-state index < -0.39 is 0 Å². The lowest BCUT2D eigenvalue weighted by molar-refractivity contribution is -0.117. The molecule has 0 aromatic rings. The molecule has 0 radical (unpaired) electrons. The molecular formula is C11H18N2O. The standard InChI is InChI=1S/C11H18N2O/c1-8-2-3-9(4-8)5-11(14)13-10-6-12-7-10/h5,8,10,12H,2-4,6-7H2,1H3,(H,13,14)/b9-5+. The first-order valence-corrected chi connectivity index (χ1v) is 5.44. The van der Waals surface area contributed by atoms with Crippen molar-refractivity contribution in [2.45, 2.75) is 32.2 Å². The van der Waals surface area contributed by atoms with E-state index >= 15 is 0 Å². The minimum Gasteiger partial charge on any atom is -0.347 e. The number of amides is 1. The normalized spacial score (nSPS) is 30.4. The van der Waals surface area contributed by atoms with Crippen molar-refractivity contribution in [3.05, 3.63) is 11.6 Å². The second-order valence-corrected chi connectivity index (χ2v) is 4.51. The van der Waals surface area contributed by atoms with Crippen LogP contribution in [0.1, 0.15) is 26.2 Å². The van der Waals surface area contributed by atoms with Gasteiger partial charge < -0.3 is 10.6 Å². The Labute approximate surface area is 84.9 Å². The predicted octanol–water partition coefficient (Wildman–Crippen LogP) is 0.821. The second kappa shape index (κ2) is 4.13. The summed E-state index contributed by atoms with van der Waals surface area (Å²) in [6.45, 7) is 4.09. The third kappa shape index (κ3) is 2.35. The van der Waals surface area contributed by atoms with Crippen molar-refractivity contribution in [1.29, 1.82) is 0 Å². The summed E-state index contributed by atoms with van der Waals surface area (Å²) in [7, 11) is 0. The van der Waals surface area contributed by atoms with Gasteiger partial charge in [0.05, 0.1) is 6.04 Å². The molecule has 1 unspecified atom stereocenters. The summed E-state index contributed by atoms with van der Waals surface area (Å²) in [6.07, 6.45) is 5.26. The summed E-state index contributed by atoms with van der Waals surface area (Å²) in [6, 6.07) is 0.359. The van der Waals surface area contributed by atoms with E-state index in [9.17, 15) is 4.79 Å². The van der Waals surface area contributed by atoms with Crippen LogP contribution in [0.25, 0.3) is 0 Å². The van der Waals surface area contributed by atoms with Gasteiger partial charge in [-0.1, -0.05) is 12.5 Å². The van der Waals surface area contributed by atoms with Crippen molar-refractivity contribution in [3.63, 3.8) is 0 Å². The first-order valence-electron chi connectivity index (χ1n) is 5.44. The number of hydrogen-bond acceptors (Lipinski definition) is 2. The Hall–Kier alpha value is -0.830. The summed E-state index contributed by atoms with van der Waals surface area (Å²) >= 11 is 0. The Bertz CT molecular complexity index is 256. The van der Waals surface area contributed by atoms with Crippen LogP contribution in [0, 0.1) is 5.92 Å². The fourth-order valence-corrected chi connectivity index (χ4v) is 2.03. The molecule has 1 aliphatic carbocycles. The fraction of sp³-hybridized carbons (Fsp3) is 0.727. The van der Waals surface area contributed by atoms with E-state index in [0.29, 0.717) is 6.04 Å². The van der Waals surface area contributed by atoms with E-state index in [4.69, 9.17) is 0 Å². The van der Waals surface area contributed by atoms with Crippen LogP contribution in [0.3, 0.4) is 0 Å². The van der Waals surface area contributed by atoms with Gasteiger partial charge in [-0.3, -0.25) is 4.79 Å². The van der Waals surface area contributed by atoms with Crippen LogP contribution in [-0.4, -0.2) is 25.0 Å². The number of carbonyl (C=O) groups excluding carboxylic acids is 1. The van der Waals surface area contributed by atoms with Crippen molar-refractivity contribution in [2.75, 3.05) is 13.1 Å². The van der Waals surface area contributed by atoms with Crippen LogP contribution in [0.5, 0.6) is 0 Å². The highest BCUT2D eigenvalue weighted by atomic mass is 16.1. The van der Waals surface area contributed by atoms with E-state index in [1.807, 2.05) is 6.08 Å². The minimum atomic E-state index is 0.0978. The minimum absolute atomic E-state index is 0.0978. The highest BCUT2D eigenvalue weighted by Crippen LogP contribution is 2.29. The van der Waals surface area contributed by atoms with Gasteiger partial charge in [0.25, 0.3) is 0 Å². The largest absolute Gasteiger partial charge is 0.347 e. The number of hydrogen-bond donors (Lipinski definition) is 2. The highest BCUT2D eigenvalue weighted by molar-refractivity contribution is 5.88. The summed E-state index contributed by atoms with van der Waals surface area (Å²) in [4.78, 5) is 11.5. The Balaban J connectivity index is 1.80. The van der Waals surface area contributed by atoms with E-state index in [-0.39, 0.29) is 5.91 Å². The van der Waals surface area contributed by atoms with Gasteiger partial charge in [-0.05, 0) is 25.2 Å². The van der Waals surface area contributed by atoms with Crippen LogP contribution in [0.2, 0.25) is 0 Å². The molecule has 0 bridgehead atoms. The molecule has 0 aromatic carbocycles. The maximum atomic E-state index is 11.5. The summed E-state index contributed by atoms with van der Waals surface area (Å²) in [5.41, 5.74) is 1.32. The maximum absolute atomic E-state index is 11.5. The number of carbonyl (C=O) groups is 1. The SMILES string of the molecule is CC1CC/C(=C\C(=O)NC2CNC2)C1. The molecule has 78 valence electrons. The molecule has 2 rings (SSSR count). The molecule has 0 aromatic heterocycles. The van der Waals surface area contributed by atoms with Crippen LogP contribution < -0.4 is 10.6 Å². The lowest BCUT2D eigenvalue weighted by Gasteiger charge is -2.27. The zero-order valence-electron chi connectivity index (χ0n) is 8.68. The van der Waals surface area contributed by atoms with Gasteiger partial charge in [0.1, 0.15) is 0 Å². The van der Waals surface area contributed by atoms with Gasteiger partial charge >= 0.3 is 0 Å². The van der Waals surface area contributed by atoms with E-state index in [1.165, 1.54) is 12.0 Å². The highest BCUT2D eigenvalue weighted by Gasteiger charge is 2.19. The molecule has 2 fully saturated rings. The Morgan fingerprint density at radius 2 is 2.36 bits per heavy atom. The molecule has 1 atom stereocenters. The van der Waals surface area contributed by atoms with Crippen LogP contribution >= 0.6 is 0 Å². The number of nitrogens with one attached hydrogen (secondary N) is 2. The van der Waals surface area contributed by atoms with Gasteiger partial charge in [-0.2, -0.15) is 0 Å². The monoisotopic (exact) mass is 194 g/mol. The molecule has 3 nitrogen and oxygen atoms in total. The molecule has 1 saturated heterocycles. The van der Waals surface area contributed by atoms with Crippen molar-refractivity contribution in [3.8, 4) is 0 Å². The van der Waals surface area contributed by atoms with Crippen molar-refractivity contribution >= 4 is 5.91 Å². The van der Waals surface area contributed by atoms with Gasteiger partial charge in [-0.25, -0.2) is 0 Å². The smallest absolute Gasteiger partial charge is 0.244 e. The molecule has 0 spiro atoms. The van der Waals surface area contributed by atoms with Crippen molar-refractivity contribution < 1.29 is 4.79 Å². The molecule has 3 heteroatoms. The summed E-state index contributed by atoms with van der Waals surface area (Å²) < 4.78 is 0. The third-order valence-electron chi connectivity index (χ3n) is 3.03. The first kappa shape index (κ1) is 9.71. The molecule has 1 amide bonds. The lowest BCUT2D eigenvalue weighted by Crippen LogP contribution is -2.56. The Kier molecular flexibility index (Phi) is 2.87. The molecular weight excluding hydrogens is 176 g/mol. The zero-order chi connectivity index (χ0) is 9.97. The van der Waals surface area contributed by atoms with Gasteiger partial charge in [0, 0.05) is 19.2 Å². The quantitative estimate of drug-likeness (QED) is 0.639. The molecule has 1 heterocycles. The second-order valence-electron chi connectivity index (χ2n) is 4.51.